The van der Waals surface area contributed by atoms with E-state index in [2.05, 4.69) is 15.3 Å². The standard InChI is InChI=1S/C23H20ClF3N4O3S/c24-21-11-14(10-19(30-21)15-3-8-18(22(26)27)28-13-15)12-29-23(32)20-2-1-9-31(20)35(33,34)17-6-4-16(25)5-7-17/h3-8,10-11,13,20,22H,1-2,9,12H2,(H,29,32)/t20-/m0/s1. The molecule has 0 spiro atoms. The number of halogens is 4. The van der Waals surface area contributed by atoms with E-state index in [-0.39, 0.29) is 28.8 Å². The second-order valence-electron chi connectivity index (χ2n) is 7.90. The van der Waals surface area contributed by atoms with E-state index in [0.717, 1.165) is 16.4 Å². The van der Waals surface area contributed by atoms with Crippen molar-refractivity contribution in [1.82, 2.24) is 19.6 Å². The van der Waals surface area contributed by atoms with Crippen LogP contribution in [0.2, 0.25) is 5.15 Å². The fourth-order valence-electron chi connectivity index (χ4n) is 3.82. The Bertz CT molecular complexity index is 1320. The molecule has 0 bridgehead atoms. The van der Waals surface area contributed by atoms with Gasteiger partial charge in [-0.2, -0.15) is 4.31 Å². The lowest BCUT2D eigenvalue weighted by molar-refractivity contribution is -0.124. The monoisotopic (exact) mass is 524 g/mol. The van der Waals surface area contributed by atoms with Gasteiger partial charge in [0.05, 0.1) is 10.6 Å². The van der Waals surface area contributed by atoms with Crippen LogP contribution in [0.3, 0.4) is 0 Å². The highest BCUT2D eigenvalue weighted by Crippen LogP contribution is 2.27. The number of nitrogens with one attached hydrogen (secondary N) is 1. The van der Waals surface area contributed by atoms with Gasteiger partial charge in [0, 0.05) is 24.8 Å². The van der Waals surface area contributed by atoms with Gasteiger partial charge in [0.15, 0.2) is 0 Å². The molecule has 1 aromatic carbocycles. The molecule has 12 heteroatoms. The Hall–Kier alpha value is -3.02. The quantitative estimate of drug-likeness (QED) is 0.464. The molecule has 3 heterocycles. The lowest BCUT2D eigenvalue weighted by Crippen LogP contribution is -2.45. The summed E-state index contributed by atoms with van der Waals surface area (Å²) in [6.45, 7) is 0.211. The number of carbonyl (C=O) groups is 1. The first-order chi connectivity index (χ1) is 16.6. The number of rotatable bonds is 7. The van der Waals surface area contributed by atoms with Crippen LogP contribution in [0.4, 0.5) is 13.2 Å². The van der Waals surface area contributed by atoms with Gasteiger partial charge in [-0.25, -0.2) is 26.6 Å². The summed E-state index contributed by atoms with van der Waals surface area (Å²) in [5.41, 5.74) is 1.07. The number of amides is 1. The third kappa shape index (κ3) is 5.63. The van der Waals surface area contributed by atoms with Crippen LogP contribution in [0, 0.1) is 5.82 Å². The molecular weight excluding hydrogens is 505 g/mol. The summed E-state index contributed by atoms with van der Waals surface area (Å²) in [6.07, 6.45) is -0.578. The molecule has 3 aromatic rings. The molecule has 4 rings (SSSR count). The van der Waals surface area contributed by atoms with Crippen molar-refractivity contribution in [2.24, 2.45) is 0 Å². The minimum atomic E-state index is -3.98. The number of nitrogens with zero attached hydrogens (tertiary/aromatic N) is 3. The highest BCUT2D eigenvalue weighted by molar-refractivity contribution is 7.89. The summed E-state index contributed by atoms with van der Waals surface area (Å²) in [4.78, 5) is 20.7. The Morgan fingerprint density at radius 3 is 2.57 bits per heavy atom. The average Bonchev–Trinajstić information content (AvgIpc) is 3.34. The zero-order chi connectivity index (χ0) is 25.2. The number of pyridine rings is 2. The van der Waals surface area contributed by atoms with E-state index in [1.54, 1.807) is 6.07 Å². The molecule has 1 amide bonds. The molecule has 7 nitrogen and oxygen atoms in total. The van der Waals surface area contributed by atoms with Crippen LogP contribution in [0.1, 0.15) is 30.5 Å². The minimum absolute atomic E-state index is 0.0392. The van der Waals surface area contributed by atoms with Crippen molar-refractivity contribution < 1.29 is 26.4 Å². The number of carbonyl (C=O) groups excluding carboxylic acids is 1. The number of benzene rings is 1. The van der Waals surface area contributed by atoms with Crippen LogP contribution in [-0.2, 0) is 21.4 Å². The predicted octanol–water partition coefficient (Wildman–Crippen LogP) is 4.34. The minimum Gasteiger partial charge on any atom is -0.351 e. The molecule has 1 aliphatic heterocycles. The van der Waals surface area contributed by atoms with Crippen molar-refractivity contribution in [2.45, 2.75) is 36.7 Å². The Kier molecular flexibility index (Phi) is 7.39. The van der Waals surface area contributed by atoms with Gasteiger partial charge >= 0.3 is 0 Å². The predicted molar refractivity (Wildman–Crippen MR) is 123 cm³/mol. The fraction of sp³-hybridized carbons (Fsp3) is 0.261. The van der Waals surface area contributed by atoms with Gasteiger partial charge in [0.25, 0.3) is 6.43 Å². The zero-order valence-electron chi connectivity index (χ0n) is 18.2. The molecule has 0 saturated carbocycles. The maximum Gasteiger partial charge on any atom is 0.280 e. The highest BCUT2D eigenvalue weighted by atomic mass is 35.5. The first-order valence-corrected chi connectivity index (χ1v) is 12.4. The van der Waals surface area contributed by atoms with Crippen molar-refractivity contribution in [2.75, 3.05) is 6.54 Å². The van der Waals surface area contributed by atoms with Crippen LogP contribution >= 0.6 is 11.6 Å². The van der Waals surface area contributed by atoms with Crippen molar-refractivity contribution in [3.63, 3.8) is 0 Å². The number of hydrogen-bond donors (Lipinski definition) is 1. The summed E-state index contributed by atoms with van der Waals surface area (Å²) in [7, 11) is -3.98. The maximum atomic E-state index is 13.2. The van der Waals surface area contributed by atoms with E-state index in [4.69, 9.17) is 11.6 Å². The molecule has 0 radical (unpaired) electrons. The second-order valence-corrected chi connectivity index (χ2v) is 10.2. The van der Waals surface area contributed by atoms with Crippen molar-refractivity contribution in [3.8, 4) is 11.3 Å². The second kappa shape index (κ2) is 10.3. The zero-order valence-corrected chi connectivity index (χ0v) is 19.7. The van der Waals surface area contributed by atoms with Gasteiger partial charge in [-0.15, -0.1) is 0 Å². The number of aromatic nitrogens is 2. The molecule has 1 atom stereocenters. The topological polar surface area (TPSA) is 92.3 Å². The normalized spacial score (nSPS) is 16.5. The summed E-state index contributed by atoms with van der Waals surface area (Å²) in [5, 5.41) is 2.86. The molecule has 1 aliphatic rings. The molecule has 1 N–H and O–H groups in total. The molecule has 184 valence electrons. The Morgan fingerprint density at radius 2 is 1.91 bits per heavy atom. The maximum absolute atomic E-state index is 13.2. The first kappa shape index (κ1) is 25.1. The van der Waals surface area contributed by atoms with Gasteiger partial charge < -0.3 is 5.32 Å². The van der Waals surface area contributed by atoms with Crippen LogP contribution in [-0.4, -0.2) is 41.2 Å². The Morgan fingerprint density at radius 1 is 1.17 bits per heavy atom. The van der Waals surface area contributed by atoms with E-state index < -0.39 is 34.2 Å². The lowest BCUT2D eigenvalue weighted by Gasteiger charge is -2.23. The Balaban J connectivity index is 1.47. The summed E-state index contributed by atoms with van der Waals surface area (Å²) < 4.78 is 65.8. The molecule has 0 aliphatic carbocycles. The number of alkyl halides is 2. The summed E-state index contributed by atoms with van der Waals surface area (Å²) in [5.74, 6) is -1.04. The molecule has 1 saturated heterocycles. The van der Waals surface area contributed by atoms with E-state index in [9.17, 15) is 26.4 Å². The van der Waals surface area contributed by atoms with Crippen molar-refractivity contribution >= 4 is 27.5 Å². The van der Waals surface area contributed by atoms with Gasteiger partial charge in [0.2, 0.25) is 15.9 Å². The smallest absolute Gasteiger partial charge is 0.280 e. The highest BCUT2D eigenvalue weighted by Gasteiger charge is 2.39. The molecule has 1 fully saturated rings. The third-order valence-corrected chi connectivity index (χ3v) is 7.67. The van der Waals surface area contributed by atoms with Crippen molar-refractivity contribution in [1.29, 1.82) is 0 Å². The SMILES string of the molecule is O=C(NCc1cc(Cl)nc(-c2ccc(C(F)F)nc2)c1)[C@@H]1CCCN1S(=O)(=O)c1ccc(F)cc1. The van der Waals surface area contributed by atoms with E-state index in [1.165, 1.54) is 36.5 Å². The summed E-state index contributed by atoms with van der Waals surface area (Å²) in [6, 6.07) is 9.35. The van der Waals surface area contributed by atoms with Crippen LogP contribution in [0.15, 0.2) is 59.6 Å². The molecule has 2 aromatic heterocycles. The van der Waals surface area contributed by atoms with Gasteiger partial charge in [-0.1, -0.05) is 11.6 Å². The Labute approximate surface area is 205 Å². The largest absolute Gasteiger partial charge is 0.351 e. The number of hydrogen-bond acceptors (Lipinski definition) is 5. The molecule has 0 unspecified atom stereocenters. The lowest BCUT2D eigenvalue weighted by atomic mass is 10.1. The first-order valence-electron chi connectivity index (χ1n) is 10.6. The van der Waals surface area contributed by atoms with Crippen LogP contribution in [0.25, 0.3) is 11.3 Å². The molecule has 35 heavy (non-hydrogen) atoms. The van der Waals surface area contributed by atoms with Crippen molar-refractivity contribution in [3.05, 3.63) is 77.0 Å². The van der Waals surface area contributed by atoms with Crippen LogP contribution in [0.5, 0.6) is 0 Å². The van der Waals surface area contributed by atoms with E-state index in [1.807, 2.05) is 0 Å². The van der Waals surface area contributed by atoms with E-state index >= 15 is 0 Å². The molecular formula is C23H20ClF3N4O3S. The third-order valence-electron chi connectivity index (χ3n) is 5.55. The average molecular weight is 525 g/mol. The van der Waals surface area contributed by atoms with Crippen LogP contribution < -0.4 is 5.32 Å². The number of sulfonamides is 1. The van der Waals surface area contributed by atoms with E-state index in [0.29, 0.717) is 29.7 Å². The summed E-state index contributed by atoms with van der Waals surface area (Å²) >= 11 is 6.11. The van der Waals surface area contributed by atoms with Gasteiger partial charge in [-0.3, -0.25) is 9.78 Å². The van der Waals surface area contributed by atoms with Gasteiger partial charge in [0.1, 0.15) is 22.7 Å². The fourth-order valence-corrected chi connectivity index (χ4v) is 5.71. The van der Waals surface area contributed by atoms with Gasteiger partial charge in [-0.05, 0) is 66.9 Å².